The zero-order valence-electron chi connectivity index (χ0n) is 9.54. The summed E-state index contributed by atoms with van der Waals surface area (Å²) in [4.78, 5) is 29.0. The highest BCUT2D eigenvalue weighted by molar-refractivity contribution is 7.99. The summed E-state index contributed by atoms with van der Waals surface area (Å²) in [6.07, 6.45) is 1.41. The van der Waals surface area contributed by atoms with Gasteiger partial charge in [-0.3, -0.25) is 9.59 Å². The number of aromatic nitrogens is 2. The van der Waals surface area contributed by atoms with Crippen molar-refractivity contribution in [2.45, 2.75) is 5.16 Å². The average molecular weight is 276 g/mol. The predicted molar refractivity (Wildman–Crippen MR) is 67.2 cm³/mol. The lowest BCUT2D eigenvalue weighted by Crippen LogP contribution is -2.17. The lowest BCUT2D eigenvalue weighted by atomic mass is 10.2. The van der Waals surface area contributed by atoms with E-state index in [1.807, 2.05) is 0 Å². The molecule has 2 aromatic heterocycles. The van der Waals surface area contributed by atoms with Crippen LogP contribution in [0.4, 0.5) is 0 Å². The van der Waals surface area contributed by atoms with Crippen LogP contribution in [0.15, 0.2) is 32.8 Å². The number of amides is 1. The maximum Gasteiger partial charge on any atom is 0.270 e. The van der Waals surface area contributed by atoms with Crippen molar-refractivity contribution in [3.05, 3.63) is 34.3 Å². The van der Waals surface area contributed by atoms with Crippen LogP contribution in [0.5, 0.6) is 0 Å². The molecule has 7 nitrogen and oxygen atoms in total. The zero-order valence-corrected chi connectivity index (χ0v) is 10.4. The largest absolute Gasteiger partial charge is 0.463 e. The molecule has 2 rings (SSSR count). The van der Waals surface area contributed by atoms with Crippen LogP contribution in [-0.2, 0) is 4.79 Å². The first-order valence-electron chi connectivity index (χ1n) is 5.11. The molecule has 0 aromatic carbocycles. The molecule has 0 radical (unpaired) electrons. The smallest absolute Gasteiger partial charge is 0.270 e. The topological polar surface area (TPSA) is 126 Å². The molecule has 0 aliphatic heterocycles. The van der Waals surface area contributed by atoms with Crippen LogP contribution in [0.2, 0.25) is 0 Å². The second-order valence-electron chi connectivity index (χ2n) is 3.44. The van der Waals surface area contributed by atoms with E-state index in [0.717, 1.165) is 11.8 Å². The minimum atomic E-state index is -0.587. The SMILES string of the molecule is N#Cc1c(-c2ccco2)nc(SCC(N)=O)[nH]c1=O. The molecular weight excluding hydrogens is 268 g/mol. The first-order chi connectivity index (χ1) is 9.11. The van der Waals surface area contributed by atoms with E-state index >= 15 is 0 Å². The van der Waals surface area contributed by atoms with Gasteiger partial charge >= 0.3 is 0 Å². The first-order valence-corrected chi connectivity index (χ1v) is 6.09. The fourth-order valence-electron chi connectivity index (χ4n) is 1.36. The summed E-state index contributed by atoms with van der Waals surface area (Å²) in [6.45, 7) is 0. The van der Waals surface area contributed by atoms with Gasteiger partial charge < -0.3 is 15.1 Å². The molecule has 0 unspecified atom stereocenters. The normalized spacial score (nSPS) is 10.1. The average Bonchev–Trinajstić information content (AvgIpc) is 2.89. The number of nitrogens with one attached hydrogen (secondary N) is 1. The molecule has 2 heterocycles. The Balaban J connectivity index is 2.49. The molecule has 96 valence electrons. The fraction of sp³-hybridized carbons (Fsp3) is 0.0909. The maximum atomic E-state index is 11.7. The van der Waals surface area contributed by atoms with Crippen LogP contribution in [0.25, 0.3) is 11.5 Å². The minimum absolute atomic E-state index is 0.0214. The Morgan fingerprint density at radius 2 is 2.42 bits per heavy atom. The van der Waals surface area contributed by atoms with Gasteiger partial charge in [-0.1, -0.05) is 11.8 Å². The Morgan fingerprint density at radius 3 is 3.00 bits per heavy atom. The zero-order chi connectivity index (χ0) is 13.8. The molecule has 0 spiro atoms. The fourth-order valence-corrected chi connectivity index (χ4v) is 1.96. The number of nitrogens with two attached hydrogens (primary N) is 1. The summed E-state index contributed by atoms with van der Waals surface area (Å²) in [5, 5.41) is 9.18. The van der Waals surface area contributed by atoms with Crippen molar-refractivity contribution in [1.29, 1.82) is 5.26 Å². The summed E-state index contributed by atoms with van der Waals surface area (Å²) in [6, 6.07) is 4.99. The van der Waals surface area contributed by atoms with E-state index in [9.17, 15) is 9.59 Å². The van der Waals surface area contributed by atoms with Crippen LogP contribution < -0.4 is 11.3 Å². The van der Waals surface area contributed by atoms with Crippen molar-refractivity contribution in [2.75, 3.05) is 5.75 Å². The first kappa shape index (κ1) is 12.9. The molecule has 1 amide bonds. The lowest BCUT2D eigenvalue weighted by Gasteiger charge is -2.03. The molecule has 3 N–H and O–H groups in total. The van der Waals surface area contributed by atoms with Crippen molar-refractivity contribution in [1.82, 2.24) is 9.97 Å². The van der Waals surface area contributed by atoms with Crippen LogP contribution in [0, 0.1) is 11.3 Å². The van der Waals surface area contributed by atoms with E-state index in [2.05, 4.69) is 9.97 Å². The van der Waals surface area contributed by atoms with Gasteiger partial charge in [-0.2, -0.15) is 5.26 Å². The number of thioether (sulfide) groups is 1. The Hall–Kier alpha value is -2.53. The van der Waals surface area contributed by atoms with Gasteiger partial charge in [-0.15, -0.1) is 0 Å². The second kappa shape index (κ2) is 5.41. The Kier molecular flexibility index (Phi) is 3.68. The van der Waals surface area contributed by atoms with E-state index in [0.29, 0.717) is 5.76 Å². The Bertz CT molecular complexity index is 700. The monoisotopic (exact) mass is 276 g/mol. The molecule has 19 heavy (non-hydrogen) atoms. The molecule has 0 aliphatic carbocycles. The van der Waals surface area contributed by atoms with Crippen molar-refractivity contribution >= 4 is 17.7 Å². The third-order valence-corrected chi connectivity index (χ3v) is 3.01. The van der Waals surface area contributed by atoms with Gasteiger partial charge in [0, 0.05) is 0 Å². The summed E-state index contributed by atoms with van der Waals surface area (Å²) < 4.78 is 5.13. The summed E-state index contributed by atoms with van der Waals surface area (Å²) in [5.41, 5.74) is 4.43. The second-order valence-corrected chi connectivity index (χ2v) is 4.40. The van der Waals surface area contributed by atoms with Crippen LogP contribution >= 0.6 is 11.8 Å². The molecule has 2 aromatic rings. The lowest BCUT2D eigenvalue weighted by molar-refractivity contribution is -0.115. The molecule has 0 aliphatic rings. The number of carbonyl (C=O) groups is 1. The molecule has 0 atom stereocenters. The quantitative estimate of drug-likeness (QED) is 0.617. The Morgan fingerprint density at radius 1 is 1.63 bits per heavy atom. The van der Waals surface area contributed by atoms with Crippen LogP contribution in [-0.4, -0.2) is 21.6 Å². The van der Waals surface area contributed by atoms with Crippen LogP contribution in [0.3, 0.4) is 0 Å². The van der Waals surface area contributed by atoms with Crippen molar-refractivity contribution in [3.63, 3.8) is 0 Å². The highest BCUT2D eigenvalue weighted by atomic mass is 32.2. The number of hydrogen-bond donors (Lipinski definition) is 2. The third-order valence-electron chi connectivity index (χ3n) is 2.12. The van der Waals surface area contributed by atoms with E-state index < -0.39 is 11.5 Å². The van der Waals surface area contributed by atoms with Gasteiger partial charge in [-0.05, 0) is 12.1 Å². The number of hydrogen-bond acceptors (Lipinski definition) is 6. The standard InChI is InChI=1S/C11H8N4O3S/c12-4-6-9(7-2-1-3-18-7)14-11(15-10(6)17)19-5-8(13)16/h1-3H,5H2,(H2,13,16)(H,14,15,17). The van der Waals surface area contributed by atoms with Gasteiger partial charge in [0.2, 0.25) is 5.91 Å². The van der Waals surface area contributed by atoms with E-state index in [-0.39, 0.29) is 22.2 Å². The molecule has 0 fully saturated rings. The molecule has 0 saturated carbocycles. The number of carbonyl (C=O) groups excluding carboxylic acids is 1. The summed E-state index contributed by atoms with van der Waals surface area (Å²) in [7, 11) is 0. The van der Waals surface area contributed by atoms with Gasteiger partial charge in [0.15, 0.2) is 10.9 Å². The van der Waals surface area contributed by atoms with E-state index in [4.69, 9.17) is 15.4 Å². The van der Waals surface area contributed by atoms with Gasteiger partial charge in [0.25, 0.3) is 5.56 Å². The number of nitriles is 1. The summed E-state index contributed by atoms with van der Waals surface area (Å²) >= 11 is 0.981. The van der Waals surface area contributed by atoms with Gasteiger partial charge in [0.05, 0.1) is 12.0 Å². The van der Waals surface area contributed by atoms with Crippen LogP contribution in [0.1, 0.15) is 5.56 Å². The predicted octanol–water partition coefficient (Wildman–Crippen LogP) is 0.479. The number of H-pyrrole nitrogens is 1. The number of furan rings is 1. The Labute approximate surface area is 111 Å². The van der Waals surface area contributed by atoms with Gasteiger partial charge in [-0.25, -0.2) is 4.98 Å². The summed E-state index contributed by atoms with van der Waals surface area (Å²) in [5.74, 6) is -0.243. The minimum Gasteiger partial charge on any atom is -0.463 e. The van der Waals surface area contributed by atoms with Crippen molar-refractivity contribution in [3.8, 4) is 17.5 Å². The maximum absolute atomic E-state index is 11.7. The number of nitrogens with zero attached hydrogens (tertiary/aromatic N) is 2. The molecule has 8 heteroatoms. The van der Waals surface area contributed by atoms with E-state index in [1.54, 1.807) is 18.2 Å². The van der Waals surface area contributed by atoms with E-state index in [1.165, 1.54) is 6.26 Å². The van der Waals surface area contributed by atoms with Gasteiger partial charge in [0.1, 0.15) is 17.3 Å². The number of aromatic amines is 1. The molecular formula is C11H8N4O3S. The molecule has 0 saturated heterocycles. The number of primary amides is 1. The third kappa shape index (κ3) is 2.83. The number of rotatable bonds is 4. The van der Waals surface area contributed by atoms with Crippen molar-refractivity contribution < 1.29 is 9.21 Å². The van der Waals surface area contributed by atoms with Crippen molar-refractivity contribution in [2.24, 2.45) is 5.73 Å². The molecule has 0 bridgehead atoms. The highest BCUT2D eigenvalue weighted by Crippen LogP contribution is 2.21. The highest BCUT2D eigenvalue weighted by Gasteiger charge is 2.15.